The number of quaternary nitrogens is 1. The molecule has 2 unspecified atom stereocenters. The molecule has 0 saturated carbocycles. The van der Waals surface area contributed by atoms with Gasteiger partial charge in [-0.25, -0.2) is 0 Å². The van der Waals surface area contributed by atoms with Crippen LogP contribution in [0.2, 0.25) is 0 Å². The van der Waals surface area contributed by atoms with Gasteiger partial charge >= 0.3 is 0 Å². The van der Waals surface area contributed by atoms with Gasteiger partial charge in [0, 0.05) is 31.9 Å². The fourth-order valence-corrected chi connectivity index (χ4v) is 3.67. The third-order valence-corrected chi connectivity index (χ3v) is 5.07. The van der Waals surface area contributed by atoms with Gasteiger partial charge < -0.3 is 4.90 Å². The molecule has 2 aromatic carbocycles. The Morgan fingerprint density at radius 1 is 1.00 bits per heavy atom. The average Bonchev–Trinajstić information content (AvgIpc) is 3.23. The number of rotatable bonds is 3. The number of nitrogens with one attached hydrogen (secondary N) is 1. The lowest BCUT2D eigenvalue weighted by Crippen LogP contribution is -3.07. The zero-order valence-corrected chi connectivity index (χ0v) is 14.3. The summed E-state index contributed by atoms with van der Waals surface area (Å²) in [5.74, 6) is 0. The van der Waals surface area contributed by atoms with Crippen molar-refractivity contribution in [2.45, 2.75) is 19.1 Å². The van der Waals surface area contributed by atoms with E-state index in [4.69, 9.17) is 0 Å². The lowest BCUT2D eigenvalue weighted by Gasteiger charge is -2.18. The molecule has 0 amide bonds. The second kappa shape index (κ2) is 6.24. The number of hydrogen-bond donors (Lipinski definition) is 1. The average molecular weight is 322 g/mol. The number of fused-ring (bicyclic) bond motifs is 1. The molecular weight excluding hydrogens is 298 g/mol. The molecule has 1 saturated heterocycles. The molecule has 1 fully saturated rings. The number of hydrogen-bond acceptors (Lipinski definition) is 4. The van der Waals surface area contributed by atoms with Crippen molar-refractivity contribution in [3.05, 3.63) is 48.5 Å². The molecule has 2 aliphatic heterocycles. The Morgan fingerprint density at radius 2 is 1.71 bits per heavy atom. The van der Waals surface area contributed by atoms with Crippen LogP contribution >= 0.6 is 0 Å². The van der Waals surface area contributed by atoms with E-state index in [1.165, 1.54) is 47.9 Å². The number of nitrogens with zero attached hydrogens (tertiary/aromatic N) is 4. The first-order valence-electron chi connectivity index (χ1n) is 8.65. The number of benzene rings is 2. The van der Waals surface area contributed by atoms with E-state index >= 15 is 0 Å². The first-order valence-corrected chi connectivity index (χ1v) is 8.65. The van der Waals surface area contributed by atoms with E-state index < -0.39 is 0 Å². The zero-order valence-electron chi connectivity index (χ0n) is 14.3. The van der Waals surface area contributed by atoms with Crippen molar-refractivity contribution in [2.75, 3.05) is 37.0 Å². The smallest absolute Gasteiger partial charge is 0.285 e. The van der Waals surface area contributed by atoms with E-state index in [0.717, 1.165) is 5.69 Å². The third-order valence-electron chi connectivity index (χ3n) is 5.07. The largest absolute Gasteiger partial charge is 0.372 e. The fraction of sp³-hybridized carbons (Fsp3) is 0.368. The van der Waals surface area contributed by atoms with Gasteiger partial charge in [0.2, 0.25) is 0 Å². The highest BCUT2D eigenvalue weighted by atomic mass is 15.5. The summed E-state index contributed by atoms with van der Waals surface area (Å²) in [4.78, 5) is 5.87. The maximum Gasteiger partial charge on any atom is 0.285 e. The Bertz CT molecular complexity index is 705. The summed E-state index contributed by atoms with van der Waals surface area (Å²) in [6, 6.07) is 16.9. The van der Waals surface area contributed by atoms with Crippen LogP contribution in [-0.4, -0.2) is 33.5 Å². The molecule has 24 heavy (non-hydrogen) atoms. The van der Waals surface area contributed by atoms with Gasteiger partial charge in [-0.2, -0.15) is 0 Å². The minimum atomic E-state index is -0.0133. The summed E-state index contributed by atoms with van der Waals surface area (Å²) >= 11 is 0. The quantitative estimate of drug-likeness (QED) is 0.882. The standard InChI is InChI=1S/C19H23N5/c1-22-17-7-3-4-8-18(17)23(2)19(22)21-20-15-9-11-16(12-10-15)24-13-5-6-14-24/h3-4,7-12,19H,5-6,13-14H2,1-2H3/p+1. The molecule has 2 aliphatic rings. The van der Waals surface area contributed by atoms with Crippen molar-refractivity contribution in [2.24, 2.45) is 10.2 Å². The monoisotopic (exact) mass is 322 g/mol. The molecule has 5 heteroatoms. The van der Waals surface area contributed by atoms with Gasteiger partial charge in [-0.15, -0.1) is 10.2 Å². The van der Waals surface area contributed by atoms with E-state index in [1.807, 2.05) is 0 Å². The van der Waals surface area contributed by atoms with Crippen LogP contribution in [-0.2, 0) is 0 Å². The lowest BCUT2D eigenvalue weighted by atomic mass is 10.2. The second-order valence-electron chi connectivity index (χ2n) is 6.61. The third kappa shape index (κ3) is 2.65. The van der Waals surface area contributed by atoms with Crippen molar-refractivity contribution in [1.29, 1.82) is 0 Å². The highest BCUT2D eigenvalue weighted by Gasteiger charge is 2.36. The molecule has 0 aliphatic carbocycles. The first-order chi connectivity index (χ1) is 11.7. The molecule has 0 bridgehead atoms. The molecule has 2 aromatic rings. The summed E-state index contributed by atoms with van der Waals surface area (Å²) < 4.78 is 0. The SMILES string of the molecule is CN1c2ccccc2[NH+](C)C1N=Nc1ccc(N2CCCC2)cc1. The van der Waals surface area contributed by atoms with Gasteiger partial charge in [-0.05, 0) is 43.2 Å². The minimum absolute atomic E-state index is 0.0133. The van der Waals surface area contributed by atoms with Gasteiger partial charge in [-0.1, -0.05) is 12.1 Å². The maximum atomic E-state index is 4.60. The van der Waals surface area contributed by atoms with Crippen LogP contribution in [0.25, 0.3) is 0 Å². The molecular formula is C19H24N5+. The van der Waals surface area contributed by atoms with Crippen LogP contribution in [0.4, 0.5) is 22.7 Å². The lowest BCUT2D eigenvalue weighted by molar-refractivity contribution is -0.831. The maximum absolute atomic E-state index is 4.60. The van der Waals surface area contributed by atoms with E-state index in [1.54, 1.807) is 0 Å². The van der Waals surface area contributed by atoms with Crippen LogP contribution in [0.1, 0.15) is 12.8 Å². The van der Waals surface area contributed by atoms with Gasteiger partial charge in [-0.3, -0.25) is 9.80 Å². The highest BCUT2D eigenvalue weighted by molar-refractivity contribution is 5.65. The van der Waals surface area contributed by atoms with Crippen LogP contribution in [0, 0.1) is 0 Å². The van der Waals surface area contributed by atoms with Crippen LogP contribution in [0.15, 0.2) is 58.8 Å². The summed E-state index contributed by atoms with van der Waals surface area (Å²) in [6.45, 7) is 2.33. The van der Waals surface area contributed by atoms with E-state index in [2.05, 4.69) is 82.7 Å². The molecule has 5 nitrogen and oxygen atoms in total. The summed E-state index contributed by atoms with van der Waals surface area (Å²) in [7, 11) is 4.22. The van der Waals surface area contributed by atoms with Gasteiger partial charge in [0.1, 0.15) is 5.69 Å². The normalized spacial score (nSPS) is 23.2. The Hall–Kier alpha value is -2.40. The Morgan fingerprint density at radius 3 is 2.42 bits per heavy atom. The Labute approximate surface area is 143 Å². The van der Waals surface area contributed by atoms with Crippen molar-refractivity contribution >= 4 is 22.7 Å². The predicted octanol–water partition coefficient (Wildman–Crippen LogP) is 2.95. The molecule has 4 rings (SSSR count). The van der Waals surface area contributed by atoms with Crippen LogP contribution in [0.5, 0.6) is 0 Å². The topological polar surface area (TPSA) is 35.6 Å². The van der Waals surface area contributed by atoms with Crippen LogP contribution < -0.4 is 14.7 Å². The van der Waals surface area contributed by atoms with Crippen LogP contribution in [0.3, 0.4) is 0 Å². The Kier molecular flexibility index (Phi) is 3.94. The molecule has 2 heterocycles. The number of azo groups is 1. The summed E-state index contributed by atoms with van der Waals surface area (Å²) in [5.41, 5.74) is 4.70. The second-order valence-corrected chi connectivity index (χ2v) is 6.61. The van der Waals surface area contributed by atoms with Crippen molar-refractivity contribution in [3.63, 3.8) is 0 Å². The predicted molar refractivity (Wildman–Crippen MR) is 97.6 cm³/mol. The van der Waals surface area contributed by atoms with E-state index in [-0.39, 0.29) is 6.29 Å². The molecule has 0 spiro atoms. The summed E-state index contributed by atoms with van der Waals surface area (Å²) in [6.07, 6.45) is 2.58. The van der Waals surface area contributed by atoms with Crippen molar-refractivity contribution in [1.82, 2.24) is 0 Å². The van der Waals surface area contributed by atoms with Gasteiger partial charge in [0.05, 0.1) is 12.7 Å². The van der Waals surface area contributed by atoms with Crippen molar-refractivity contribution in [3.8, 4) is 0 Å². The fourth-order valence-electron chi connectivity index (χ4n) is 3.67. The zero-order chi connectivity index (χ0) is 16.5. The number of anilines is 2. The van der Waals surface area contributed by atoms with Crippen molar-refractivity contribution < 1.29 is 4.90 Å². The minimum Gasteiger partial charge on any atom is -0.372 e. The molecule has 0 radical (unpaired) electrons. The molecule has 0 aromatic heterocycles. The van der Waals surface area contributed by atoms with E-state index in [9.17, 15) is 0 Å². The van der Waals surface area contributed by atoms with Gasteiger partial charge in [0.25, 0.3) is 6.29 Å². The number of para-hydroxylation sites is 2. The van der Waals surface area contributed by atoms with E-state index in [0.29, 0.717) is 0 Å². The molecule has 1 N–H and O–H groups in total. The molecule has 2 atom stereocenters. The van der Waals surface area contributed by atoms with Gasteiger partial charge in [0.15, 0.2) is 5.69 Å². The molecule has 124 valence electrons. The highest BCUT2D eigenvalue weighted by Crippen LogP contribution is 2.28. The first kappa shape index (κ1) is 15.1. The summed E-state index contributed by atoms with van der Waals surface area (Å²) in [5, 5.41) is 9.08. The Balaban J connectivity index is 1.49.